The predicted octanol–water partition coefficient (Wildman–Crippen LogP) is 3.58. The molecular formula is C42H49N9O13. The van der Waals surface area contributed by atoms with E-state index in [-0.39, 0.29) is 30.6 Å². The second kappa shape index (κ2) is 20.8. The number of esters is 4. The summed E-state index contributed by atoms with van der Waals surface area (Å²) >= 11 is 0. The van der Waals surface area contributed by atoms with Crippen molar-refractivity contribution in [3.05, 3.63) is 55.0 Å². The van der Waals surface area contributed by atoms with Crippen molar-refractivity contribution in [3.8, 4) is 23.1 Å². The highest BCUT2D eigenvalue weighted by atomic mass is 16.7. The van der Waals surface area contributed by atoms with Gasteiger partial charge in [0.05, 0.1) is 37.5 Å². The number of methoxy groups -OCH3 is 1. The van der Waals surface area contributed by atoms with Crippen LogP contribution >= 0.6 is 0 Å². The lowest BCUT2D eigenvalue weighted by atomic mass is 9.96. The number of nitrogens with zero attached hydrogens (tertiary/aromatic N) is 9. The van der Waals surface area contributed by atoms with Crippen molar-refractivity contribution in [2.24, 2.45) is 5.92 Å². The Bertz CT molecular complexity index is 2390. The molecule has 0 aromatic carbocycles. The van der Waals surface area contributed by atoms with E-state index in [4.69, 9.17) is 33.2 Å². The number of amides is 2. The second-order valence-corrected chi connectivity index (χ2v) is 15.2. The van der Waals surface area contributed by atoms with Crippen molar-refractivity contribution >= 4 is 47.0 Å². The van der Waals surface area contributed by atoms with Gasteiger partial charge >= 0.3 is 36.0 Å². The fourth-order valence-corrected chi connectivity index (χ4v) is 7.74. The lowest BCUT2D eigenvalue weighted by Crippen LogP contribution is -2.64. The molecule has 0 spiro atoms. The molecular weight excluding hydrogens is 839 g/mol. The Hall–Kier alpha value is -7.15. The first-order valence-corrected chi connectivity index (χ1v) is 20.4. The Labute approximate surface area is 367 Å². The van der Waals surface area contributed by atoms with Gasteiger partial charge in [-0.25, -0.2) is 24.4 Å². The van der Waals surface area contributed by atoms with Gasteiger partial charge < -0.3 is 43.0 Å². The van der Waals surface area contributed by atoms with Crippen molar-refractivity contribution in [2.75, 3.05) is 34.3 Å². The van der Waals surface area contributed by atoms with Crippen molar-refractivity contribution < 1.29 is 61.9 Å². The standard InChI is InChI=1S/C42H49N9O13/c1-24(52)60-34-35(61-25(2)53)37(62-26(3)54)40(64-36(34)39(55)58-6)63-32-12-9-16-44-30(32)22-59-42(57)49(5)19-18-48(4)41(56)50-17-14-29-33(45-23-46-38(29)50)28-20-47-51(21-28)31(13-15-43)27-10-7-8-11-27/h9,12,14,16-17,20-21,23,27,31,34-37,40H,7-8,10-11,13,18-19,22H2,1-6H3/t31-,34+,35+,36+,37-,40-/m1/s1. The Morgan fingerprint density at radius 3 is 2.30 bits per heavy atom. The van der Waals surface area contributed by atoms with E-state index in [0.29, 0.717) is 29.1 Å². The van der Waals surface area contributed by atoms with E-state index in [9.17, 15) is 34.0 Å². The van der Waals surface area contributed by atoms with Crippen molar-refractivity contribution in [2.45, 2.75) is 96.2 Å². The zero-order chi connectivity index (χ0) is 46.1. The number of rotatable bonds is 15. The van der Waals surface area contributed by atoms with Gasteiger partial charge in [0.25, 0.3) is 0 Å². The normalized spacial score (nSPS) is 20.0. The highest BCUT2D eigenvalue weighted by molar-refractivity contribution is 5.96. The molecule has 22 nitrogen and oxygen atoms in total. The van der Waals surface area contributed by atoms with Crippen LogP contribution in [0.5, 0.6) is 5.75 Å². The molecule has 2 fully saturated rings. The van der Waals surface area contributed by atoms with Crippen LogP contribution in [0, 0.1) is 17.2 Å². The third-order valence-electron chi connectivity index (χ3n) is 10.8. The Morgan fingerprint density at radius 2 is 1.61 bits per heavy atom. The first-order chi connectivity index (χ1) is 30.7. The number of hydrogen-bond donors (Lipinski definition) is 0. The van der Waals surface area contributed by atoms with Gasteiger partial charge in [-0.3, -0.25) is 28.6 Å². The van der Waals surface area contributed by atoms with E-state index >= 15 is 0 Å². The summed E-state index contributed by atoms with van der Waals surface area (Å²) in [7, 11) is 4.12. The molecule has 1 aliphatic heterocycles. The maximum atomic E-state index is 13.7. The van der Waals surface area contributed by atoms with Crippen LogP contribution in [0.1, 0.15) is 64.6 Å². The van der Waals surface area contributed by atoms with E-state index in [2.05, 4.69) is 26.1 Å². The number of hydrogen-bond acceptors (Lipinski definition) is 18. The number of aromatic nitrogens is 6. The van der Waals surface area contributed by atoms with Gasteiger partial charge in [-0.15, -0.1) is 0 Å². The SMILES string of the molecule is COC(=O)[C@H]1O[C@@H](Oc2cccnc2COC(=O)N(C)CCN(C)C(=O)n2ccc3c(-c4cnn([C@H](CC#N)C5CCCC5)c4)ncnc32)[C@H](OC(C)=O)[C@@H](OC(C)=O)[C@@H]1OC(C)=O. The number of likely N-dealkylation sites (N-methyl/N-ethyl adjacent to an activating group) is 2. The minimum Gasteiger partial charge on any atom is -0.467 e. The molecule has 6 rings (SSSR count). The van der Waals surface area contributed by atoms with Gasteiger partial charge in [0.15, 0.2) is 24.0 Å². The molecule has 1 saturated heterocycles. The number of carbonyl (C=O) groups is 6. The number of pyridine rings is 1. The van der Waals surface area contributed by atoms with E-state index in [1.807, 2.05) is 10.9 Å². The highest BCUT2D eigenvalue weighted by Gasteiger charge is 2.56. The average Bonchev–Trinajstić information content (AvgIpc) is 4.07. The molecule has 2 aliphatic rings. The molecule has 0 bridgehead atoms. The molecule has 6 atom stereocenters. The molecule has 0 N–H and O–H groups in total. The van der Waals surface area contributed by atoms with Gasteiger partial charge in [-0.1, -0.05) is 12.8 Å². The average molecular weight is 888 g/mol. The van der Waals surface area contributed by atoms with Crippen molar-refractivity contribution in [1.29, 1.82) is 5.26 Å². The molecule has 1 aliphatic carbocycles. The van der Waals surface area contributed by atoms with Crippen LogP contribution in [0.25, 0.3) is 22.3 Å². The third-order valence-corrected chi connectivity index (χ3v) is 10.8. The molecule has 5 heterocycles. The number of fused-ring (bicyclic) bond motifs is 1. The van der Waals surface area contributed by atoms with Crippen LogP contribution in [0.3, 0.4) is 0 Å². The smallest absolute Gasteiger partial charge is 0.409 e. The number of ether oxygens (including phenoxy) is 7. The summed E-state index contributed by atoms with van der Waals surface area (Å²) in [6.45, 7) is 2.93. The van der Waals surface area contributed by atoms with E-state index in [1.54, 1.807) is 25.5 Å². The minimum absolute atomic E-state index is 0.0292. The summed E-state index contributed by atoms with van der Waals surface area (Å²) in [4.78, 5) is 92.0. The number of carbonyl (C=O) groups excluding carboxylic acids is 6. The molecule has 22 heteroatoms. The minimum atomic E-state index is -1.69. The topological polar surface area (TPSA) is 259 Å². The van der Waals surface area contributed by atoms with Crippen LogP contribution in [-0.2, 0) is 54.2 Å². The first-order valence-electron chi connectivity index (χ1n) is 20.4. The van der Waals surface area contributed by atoms with Crippen LogP contribution < -0.4 is 4.74 Å². The fourth-order valence-electron chi connectivity index (χ4n) is 7.74. The second-order valence-electron chi connectivity index (χ2n) is 15.2. The van der Waals surface area contributed by atoms with Gasteiger partial charge in [-0.2, -0.15) is 10.4 Å². The molecule has 2 amide bonds. The molecule has 4 aromatic rings. The molecule has 0 unspecified atom stereocenters. The molecule has 64 heavy (non-hydrogen) atoms. The maximum absolute atomic E-state index is 13.7. The third kappa shape index (κ3) is 10.7. The summed E-state index contributed by atoms with van der Waals surface area (Å²) in [5, 5.41) is 14.7. The van der Waals surface area contributed by atoms with E-state index < -0.39 is 73.3 Å². The van der Waals surface area contributed by atoms with Crippen LogP contribution in [0.4, 0.5) is 9.59 Å². The molecule has 4 aromatic heterocycles. The maximum Gasteiger partial charge on any atom is 0.409 e. The highest BCUT2D eigenvalue weighted by Crippen LogP contribution is 2.37. The summed E-state index contributed by atoms with van der Waals surface area (Å²) in [6, 6.07) is 6.55. The Kier molecular flexibility index (Phi) is 15.1. The largest absolute Gasteiger partial charge is 0.467 e. The first kappa shape index (κ1) is 46.4. The van der Waals surface area contributed by atoms with Gasteiger partial charge in [-0.05, 0) is 37.0 Å². The summed E-state index contributed by atoms with van der Waals surface area (Å²) < 4.78 is 41.6. The van der Waals surface area contributed by atoms with Gasteiger partial charge in [0.2, 0.25) is 12.4 Å². The fraction of sp³-hybridized carbons (Fsp3) is 0.500. The lowest BCUT2D eigenvalue weighted by molar-refractivity contribution is -0.282. The predicted molar refractivity (Wildman–Crippen MR) is 218 cm³/mol. The summed E-state index contributed by atoms with van der Waals surface area (Å²) in [6.07, 6.45) is 3.85. The quantitative estimate of drug-likeness (QED) is 0.122. The monoisotopic (exact) mass is 887 g/mol. The summed E-state index contributed by atoms with van der Waals surface area (Å²) in [5.74, 6) is -3.23. The van der Waals surface area contributed by atoms with Crippen LogP contribution in [-0.4, -0.2) is 140 Å². The number of nitriles is 1. The van der Waals surface area contributed by atoms with Crippen molar-refractivity contribution in [3.63, 3.8) is 0 Å². The molecule has 0 radical (unpaired) electrons. The Morgan fingerprint density at radius 1 is 0.922 bits per heavy atom. The zero-order valence-electron chi connectivity index (χ0n) is 36.1. The van der Waals surface area contributed by atoms with Gasteiger partial charge in [0, 0.05) is 77.5 Å². The summed E-state index contributed by atoms with van der Waals surface area (Å²) in [5.41, 5.74) is 1.78. The molecule has 1 saturated carbocycles. The van der Waals surface area contributed by atoms with Gasteiger partial charge in [0.1, 0.15) is 24.4 Å². The molecule has 340 valence electrons. The van der Waals surface area contributed by atoms with Crippen LogP contribution in [0.15, 0.2) is 49.3 Å². The van der Waals surface area contributed by atoms with E-state index in [0.717, 1.165) is 59.1 Å². The Balaban J connectivity index is 1.09. The lowest BCUT2D eigenvalue weighted by Gasteiger charge is -2.43. The van der Waals surface area contributed by atoms with Crippen molar-refractivity contribution in [1.82, 2.24) is 39.1 Å². The van der Waals surface area contributed by atoms with E-state index in [1.165, 1.54) is 46.1 Å². The van der Waals surface area contributed by atoms with Crippen LogP contribution in [0.2, 0.25) is 0 Å². The zero-order valence-corrected chi connectivity index (χ0v) is 36.1.